The van der Waals surface area contributed by atoms with Crippen LogP contribution in [0, 0.1) is 0 Å². The largest absolute Gasteiger partial charge is 0.468 e. The Bertz CT molecular complexity index is 812. The number of nitrogens with one attached hydrogen (secondary N) is 1. The van der Waals surface area contributed by atoms with Crippen LogP contribution in [0.25, 0.3) is 0 Å². The molecule has 0 fully saturated rings. The second kappa shape index (κ2) is 5.96. The number of carbonyl (C=O) groups excluding carboxylic acids is 1. The molecule has 0 saturated carbocycles. The first-order chi connectivity index (χ1) is 11.0. The smallest absolute Gasteiger partial charge is 0.231 e. The molecule has 0 unspecified atom stereocenters. The van der Waals surface area contributed by atoms with Crippen molar-refractivity contribution in [2.24, 2.45) is 0 Å². The van der Waals surface area contributed by atoms with Gasteiger partial charge in [-0.1, -0.05) is 0 Å². The van der Waals surface area contributed by atoms with Crippen LogP contribution in [-0.2, 0) is 14.6 Å². The summed E-state index contributed by atoms with van der Waals surface area (Å²) in [5.41, 5.74) is 0. The Morgan fingerprint density at radius 2 is 2.04 bits per heavy atom. The van der Waals surface area contributed by atoms with Crippen LogP contribution in [0.15, 0.2) is 45.9 Å². The fourth-order valence-corrected chi connectivity index (χ4v) is 3.89. The van der Waals surface area contributed by atoms with Crippen molar-refractivity contribution in [1.82, 2.24) is 5.32 Å². The van der Waals surface area contributed by atoms with Crippen molar-refractivity contribution in [3.05, 3.63) is 42.4 Å². The lowest BCUT2D eigenvalue weighted by molar-refractivity contribution is -0.118. The third kappa shape index (κ3) is 3.02. The molecule has 23 heavy (non-hydrogen) atoms. The molecule has 7 nitrogen and oxygen atoms in total. The predicted molar refractivity (Wildman–Crippen MR) is 79.9 cm³/mol. The highest BCUT2D eigenvalue weighted by atomic mass is 32.2. The molecule has 3 rings (SSSR count). The van der Waals surface area contributed by atoms with Gasteiger partial charge in [-0.3, -0.25) is 4.79 Å². The Kier molecular flexibility index (Phi) is 3.99. The summed E-state index contributed by atoms with van der Waals surface area (Å²) in [4.78, 5) is 11.2. The molecule has 2 heterocycles. The maximum Gasteiger partial charge on any atom is 0.231 e. The van der Waals surface area contributed by atoms with Gasteiger partial charge in [-0.05, 0) is 24.3 Å². The maximum atomic E-state index is 12.9. The van der Waals surface area contributed by atoms with Gasteiger partial charge in [0.25, 0.3) is 0 Å². The number of ether oxygens (including phenoxy) is 2. The first-order valence-corrected chi connectivity index (χ1v) is 8.44. The molecule has 8 heteroatoms. The highest BCUT2D eigenvalue weighted by Gasteiger charge is 2.32. The van der Waals surface area contributed by atoms with Crippen molar-refractivity contribution in [2.75, 3.05) is 13.3 Å². The van der Waals surface area contributed by atoms with Gasteiger partial charge in [-0.25, -0.2) is 8.42 Å². The van der Waals surface area contributed by atoms with E-state index in [9.17, 15) is 13.2 Å². The molecule has 1 amide bonds. The van der Waals surface area contributed by atoms with Crippen LogP contribution in [0.5, 0.6) is 11.5 Å². The molecule has 1 aliphatic rings. The Labute approximate surface area is 133 Å². The minimum absolute atomic E-state index is 0.0618. The molecular formula is C15H15NO6S. The summed E-state index contributed by atoms with van der Waals surface area (Å²) in [6, 6.07) is 7.59. The molecular weight excluding hydrogens is 322 g/mol. The van der Waals surface area contributed by atoms with Crippen LogP contribution in [-0.4, -0.2) is 27.7 Å². The Morgan fingerprint density at radius 1 is 1.26 bits per heavy atom. The topological polar surface area (TPSA) is 94.8 Å². The van der Waals surface area contributed by atoms with E-state index in [1.54, 1.807) is 18.2 Å². The zero-order valence-electron chi connectivity index (χ0n) is 12.3. The van der Waals surface area contributed by atoms with E-state index in [4.69, 9.17) is 13.9 Å². The molecule has 1 aromatic carbocycles. The van der Waals surface area contributed by atoms with Gasteiger partial charge in [0.2, 0.25) is 12.7 Å². The van der Waals surface area contributed by atoms with Gasteiger partial charge in [0, 0.05) is 19.5 Å². The zero-order valence-corrected chi connectivity index (χ0v) is 13.1. The number of sulfone groups is 1. The number of rotatable bonds is 5. The molecule has 0 saturated heterocycles. The summed E-state index contributed by atoms with van der Waals surface area (Å²) in [5, 5.41) is 1.50. The Morgan fingerprint density at radius 3 is 2.74 bits per heavy atom. The van der Waals surface area contributed by atoms with Crippen LogP contribution in [0.4, 0.5) is 0 Å². The predicted octanol–water partition coefficient (Wildman–Crippen LogP) is 1.66. The minimum atomic E-state index is -3.79. The van der Waals surface area contributed by atoms with Gasteiger partial charge in [-0.2, -0.15) is 0 Å². The fraction of sp³-hybridized carbons (Fsp3) is 0.267. The highest BCUT2D eigenvalue weighted by molar-refractivity contribution is 7.91. The van der Waals surface area contributed by atoms with Crippen LogP contribution < -0.4 is 14.8 Å². The second-order valence-corrected chi connectivity index (χ2v) is 7.13. The molecule has 1 N–H and O–H groups in total. The standard InChI is InChI=1S/C15H15NO6S/c1-10(17)16-8-15(13-3-2-6-20-13)23(18,19)11-4-5-12-14(7-11)22-9-21-12/h2-7,15H,8-9H2,1H3,(H,16,17)/t15-/m1/s1. The lowest BCUT2D eigenvalue weighted by Crippen LogP contribution is -2.30. The summed E-state index contributed by atoms with van der Waals surface area (Å²) in [7, 11) is -3.79. The zero-order chi connectivity index (χ0) is 16.4. The molecule has 1 atom stereocenters. The average Bonchev–Trinajstić information content (AvgIpc) is 3.17. The van der Waals surface area contributed by atoms with E-state index in [0.717, 1.165) is 0 Å². The van der Waals surface area contributed by atoms with Crippen LogP contribution in [0.2, 0.25) is 0 Å². The highest BCUT2D eigenvalue weighted by Crippen LogP contribution is 2.37. The van der Waals surface area contributed by atoms with Gasteiger partial charge in [0.05, 0.1) is 11.2 Å². The van der Waals surface area contributed by atoms with Gasteiger partial charge >= 0.3 is 0 Å². The third-order valence-electron chi connectivity index (χ3n) is 3.44. The molecule has 0 radical (unpaired) electrons. The van der Waals surface area contributed by atoms with E-state index in [-0.39, 0.29) is 29.9 Å². The molecule has 2 aromatic rings. The van der Waals surface area contributed by atoms with E-state index in [2.05, 4.69) is 5.32 Å². The second-order valence-electron chi connectivity index (χ2n) is 5.00. The van der Waals surface area contributed by atoms with Crippen molar-refractivity contribution in [1.29, 1.82) is 0 Å². The lowest BCUT2D eigenvalue weighted by atomic mass is 10.3. The van der Waals surface area contributed by atoms with Crippen LogP contribution in [0.1, 0.15) is 17.9 Å². The quantitative estimate of drug-likeness (QED) is 0.891. The molecule has 122 valence electrons. The van der Waals surface area contributed by atoms with Gasteiger partial charge < -0.3 is 19.2 Å². The SMILES string of the molecule is CC(=O)NC[C@H](c1ccco1)S(=O)(=O)c1ccc2c(c1)OCO2. The van der Waals surface area contributed by atoms with E-state index in [1.807, 2.05) is 0 Å². The van der Waals surface area contributed by atoms with Crippen molar-refractivity contribution in [3.8, 4) is 11.5 Å². The number of benzene rings is 1. The Balaban J connectivity index is 1.98. The summed E-state index contributed by atoms with van der Waals surface area (Å²) in [5.74, 6) is 0.822. The van der Waals surface area contributed by atoms with Crippen molar-refractivity contribution in [3.63, 3.8) is 0 Å². The first-order valence-electron chi connectivity index (χ1n) is 6.90. The average molecular weight is 337 g/mol. The Hall–Kier alpha value is -2.48. The molecule has 0 aliphatic carbocycles. The molecule has 0 spiro atoms. The van der Waals surface area contributed by atoms with Crippen molar-refractivity contribution in [2.45, 2.75) is 17.1 Å². The monoisotopic (exact) mass is 337 g/mol. The summed E-state index contributed by atoms with van der Waals surface area (Å²) in [6.45, 7) is 1.30. The molecule has 0 bridgehead atoms. The number of amides is 1. The molecule has 1 aromatic heterocycles. The number of fused-ring (bicyclic) bond motifs is 1. The lowest BCUT2D eigenvalue weighted by Gasteiger charge is -2.16. The summed E-state index contributed by atoms with van der Waals surface area (Å²) < 4.78 is 41.5. The van der Waals surface area contributed by atoms with E-state index in [1.165, 1.54) is 25.3 Å². The van der Waals surface area contributed by atoms with E-state index in [0.29, 0.717) is 11.5 Å². The minimum Gasteiger partial charge on any atom is -0.468 e. The van der Waals surface area contributed by atoms with Gasteiger partial charge in [-0.15, -0.1) is 0 Å². The number of furan rings is 1. The van der Waals surface area contributed by atoms with Crippen LogP contribution >= 0.6 is 0 Å². The maximum absolute atomic E-state index is 12.9. The van der Waals surface area contributed by atoms with E-state index < -0.39 is 15.1 Å². The van der Waals surface area contributed by atoms with Crippen LogP contribution in [0.3, 0.4) is 0 Å². The number of hydrogen-bond acceptors (Lipinski definition) is 6. The summed E-state index contributed by atoms with van der Waals surface area (Å²) in [6.07, 6.45) is 1.39. The number of hydrogen-bond donors (Lipinski definition) is 1. The van der Waals surface area contributed by atoms with Crippen molar-refractivity contribution >= 4 is 15.7 Å². The van der Waals surface area contributed by atoms with Gasteiger partial charge in [0.15, 0.2) is 21.3 Å². The van der Waals surface area contributed by atoms with Crippen molar-refractivity contribution < 1.29 is 27.1 Å². The fourth-order valence-electron chi connectivity index (χ4n) is 2.29. The normalized spacial score (nSPS) is 14.5. The number of carbonyl (C=O) groups is 1. The summed E-state index contributed by atoms with van der Waals surface area (Å²) >= 11 is 0. The third-order valence-corrected chi connectivity index (χ3v) is 5.50. The van der Waals surface area contributed by atoms with E-state index >= 15 is 0 Å². The first kappa shape index (κ1) is 15.4. The van der Waals surface area contributed by atoms with Gasteiger partial charge in [0.1, 0.15) is 11.0 Å². The molecule has 1 aliphatic heterocycles.